The largest absolute Gasteiger partial charge is 0.369 e. The summed E-state index contributed by atoms with van der Waals surface area (Å²) in [7, 11) is 0. The third-order valence-corrected chi connectivity index (χ3v) is 4.95. The van der Waals surface area contributed by atoms with E-state index in [4.69, 9.17) is 0 Å². The molecule has 0 spiro atoms. The monoisotopic (exact) mass is 335 g/mol. The third-order valence-electron chi connectivity index (χ3n) is 4.95. The van der Waals surface area contributed by atoms with Crippen molar-refractivity contribution >= 4 is 28.4 Å². The van der Waals surface area contributed by atoms with Crippen molar-refractivity contribution in [3.8, 4) is 0 Å². The Morgan fingerprint density at radius 3 is 2.52 bits per heavy atom. The van der Waals surface area contributed by atoms with Gasteiger partial charge in [-0.1, -0.05) is 13.0 Å². The SMILES string of the molecule is CCN1CCN(c2ccc(Nc3nc4ccc(C)cc4[nH]3)cc2)CC1. The fraction of sp³-hybridized carbons (Fsp3) is 0.350. The average Bonchev–Trinajstić information content (AvgIpc) is 3.04. The Bertz CT molecular complexity index is 844. The van der Waals surface area contributed by atoms with Crippen molar-refractivity contribution in [3.05, 3.63) is 48.0 Å². The lowest BCUT2D eigenvalue weighted by Crippen LogP contribution is -2.46. The second-order valence-corrected chi connectivity index (χ2v) is 6.70. The third kappa shape index (κ3) is 3.46. The first kappa shape index (κ1) is 16.0. The van der Waals surface area contributed by atoms with E-state index in [9.17, 15) is 0 Å². The molecular formula is C20H25N5. The normalized spacial score (nSPS) is 15.7. The summed E-state index contributed by atoms with van der Waals surface area (Å²) >= 11 is 0. The molecule has 4 rings (SSSR count). The van der Waals surface area contributed by atoms with Crippen LogP contribution < -0.4 is 10.2 Å². The number of aromatic amines is 1. The quantitative estimate of drug-likeness (QED) is 0.762. The van der Waals surface area contributed by atoms with Gasteiger partial charge in [0.1, 0.15) is 0 Å². The number of nitrogens with zero attached hydrogens (tertiary/aromatic N) is 3. The van der Waals surface area contributed by atoms with Crippen LogP contribution in [0, 0.1) is 6.92 Å². The van der Waals surface area contributed by atoms with Crippen molar-refractivity contribution in [3.63, 3.8) is 0 Å². The standard InChI is InChI=1S/C20H25N5/c1-3-24-10-12-25(13-11-24)17-7-5-16(6-8-17)21-20-22-18-9-4-15(2)14-19(18)23-20/h4-9,14H,3,10-13H2,1-2H3,(H2,21,22,23). The second kappa shape index (κ2) is 6.76. The highest BCUT2D eigenvalue weighted by atomic mass is 15.3. The molecule has 3 aromatic rings. The summed E-state index contributed by atoms with van der Waals surface area (Å²) in [6.07, 6.45) is 0. The Labute approximate surface area is 148 Å². The molecule has 0 amide bonds. The maximum absolute atomic E-state index is 4.60. The van der Waals surface area contributed by atoms with Gasteiger partial charge in [-0.25, -0.2) is 4.98 Å². The molecule has 5 nitrogen and oxygen atoms in total. The van der Waals surface area contributed by atoms with E-state index >= 15 is 0 Å². The minimum Gasteiger partial charge on any atom is -0.369 e. The molecule has 2 N–H and O–H groups in total. The van der Waals surface area contributed by atoms with Crippen molar-refractivity contribution in [2.24, 2.45) is 0 Å². The number of hydrogen-bond acceptors (Lipinski definition) is 4. The van der Waals surface area contributed by atoms with Gasteiger partial charge >= 0.3 is 0 Å². The number of anilines is 3. The van der Waals surface area contributed by atoms with Gasteiger partial charge in [0.2, 0.25) is 5.95 Å². The van der Waals surface area contributed by atoms with Crippen molar-refractivity contribution in [2.45, 2.75) is 13.8 Å². The number of H-pyrrole nitrogens is 1. The lowest BCUT2D eigenvalue weighted by atomic mass is 10.2. The van der Waals surface area contributed by atoms with Gasteiger partial charge in [0, 0.05) is 37.6 Å². The van der Waals surface area contributed by atoms with E-state index in [1.54, 1.807) is 0 Å². The summed E-state index contributed by atoms with van der Waals surface area (Å²) in [6, 6.07) is 14.9. The highest BCUT2D eigenvalue weighted by molar-refractivity contribution is 5.79. The molecule has 130 valence electrons. The molecule has 0 saturated carbocycles. The molecule has 1 aromatic heterocycles. The zero-order valence-electron chi connectivity index (χ0n) is 14.9. The Morgan fingerprint density at radius 1 is 1.04 bits per heavy atom. The van der Waals surface area contributed by atoms with Crippen LogP contribution in [0.5, 0.6) is 0 Å². The van der Waals surface area contributed by atoms with Crippen LogP contribution in [0.3, 0.4) is 0 Å². The van der Waals surface area contributed by atoms with E-state index in [1.165, 1.54) is 11.3 Å². The molecule has 1 saturated heterocycles. The van der Waals surface area contributed by atoms with Crippen LogP contribution in [-0.4, -0.2) is 47.6 Å². The predicted molar refractivity (Wildman–Crippen MR) is 105 cm³/mol. The molecule has 1 aliphatic heterocycles. The van der Waals surface area contributed by atoms with E-state index in [1.807, 2.05) is 6.07 Å². The van der Waals surface area contributed by atoms with E-state index in [0.717, 1.165) is 55.4 Å². The molecule has 0 aliphatic carbocycles. The van der Waals surface area contributed by atoms with Crippen LogP contribution in [-0.2, 0) is 0 Å². The molecular weight excluding hydrogens is 310 g/mol. The van der Waals surface area contributed by atoms with Crippen LogP contribution in [0.15, 0.2) is 42.5 Å². The number of aryl methyl sites for hydroxylation is 1. The molecule has 5 heteroatoms. The number of imidazole rings is 1. The van der Waals surface area contributed by atoms with E-state index in [2.05, 4.69) is 75.3 Å². The number of benzene rings is 2. The molecule has 2 aromatic carbocycles. The smallest absolute Gasteiger partial charge is 0.205 e. The van der Waals surface area contributed by atoms with Crippen molar-refractivity contribution in [2.75, 3.05) is 42.9 Å². The molecule has 0 radical (unpaired) electrons. The first-order valence-electron chi connectivity index (χ1n) is 9.02. The minimum atomic E-state index is 0.782. The number of rotatable bonds is 4. The number of hydrogen-bond donors (Lipinski definition) is 2. The summed E-state index contributed by atoms with van der Waals surface area (Å²) in [5, 5.41) is 3.37. The fourth-order valence-electron chi connectivity index (χ4n) is 3.40. The molecule has 25 heavy (non-hydrogen) atoms. The van der Waals surface area contributed by atoms with E-state index in [-0.39, 0.29) is 0 Å². The Hall–Kier alpha value is -2.53. The molecule has 1 fully saturated rings. The van der Waals surface area contributed by atoms with Crippen molar-refractivity contribution < 1.29 is 0 Å². The second-order valence-electron chi connectivity index (χ2n) is 6.70. The zero-order chi connectivity index (χ0) is 17.2. The maximum atomic E-state index is 4.60. The van der Waals surface area contributed by atoms with Gasteiger partial charge < -0.3 is 20.1 Å². The highest BCUT2D eigenvalue weighted by Gasteiger charge is 2.15. The molecule has 2 heterocycles. The van der Waals surface area contributed by atoms with Crippen molar-refractivity contribution in [1.82, 2.24) is 14.9 Å². The summed E-state index contributed by atoms with van der Waals surface area (Å²) in [4.78, 5) is 12.9. The van der Waals surface area contributed by atoms with E-state index in [0.29, 0.717) is 0 Å². The van der Waals surface area contributed by atoms with Gasteiger partial charge in [0.15, 0.2) is 0 Å². The first-order chi connectivity index (χ1) is 12.2. The lowest BCUT2D eigenvalue weighted by molar-refractivity contribution is 0.271. The number of aromatic nitrogens is 2. The summed E-state index contributed by atoms with van der Waals surface area (Å²) in [5.41, 5.74) is 5.62. The maximum Gasteiger partial charge on any atom is 0.205 e. The Kier molecular flexibility index (Phi) is 4.32. The molecule has 0 atom stereocenters. The van der Waals surface area contributed by atoms with Crippen molar-refractivity contribution in [1.29, 1.82) is 0 Å². The molecule has 1 aliphatic rings. The number of likely N-dealkylation sites (N-methyl/N-ethyl adjacent to an activating group) is 1. The van der Waals surface area contributed by atoms with Gasteiger partial charge in [0.05, 0.1) is 11.0 Å². The Balaban J connectivity index is 1.44. The van der Waals surface area contributed by atoms with Gasteiger partial charge in [-0.3, -0.25) is 0 Å². The highest BCUT2D eigenvalue weighted by Crippen LogP contribution is 2.23. The zero-order valence-corrected chi connectivity index (χ0v) is 14.9. The fourth-order valence-corrected chi connectivity index (χ4v) is 3.40. The van der Waals surface area contributed by atoms with Crippen LogP contribution in [0.4, 0.5) is 17.3 Å². The van der Waals surface area contributed by atoms with Crippen LogP contribution >= 0.6 is 0 Å². The summed E-state index contributed by atoms with van der Waals surface area (Å²) < 4.78 is 0. The van der Waals surface area contributed by atoms with E-state index < -0.39 is 0 Å². The number of fused-ring (bicyclic) bond motifs is 1. The minimum absolute atomic E-state index is 0.782. The van der Waals surface area contributed by atoms with Gasteiger partial charge in [-0.15, -0.1) is 0 Å². The topological polar surface area (TPSA) is 47.2 Å². The number of piperazine rings is 1. The predicted octanol–water partition coefficient (Wildman–Crippen LogP) is 3.76. The average molecular weight is 335 g/mol. The van der Waals surface area contributed by atoms with Crippen LogP contribution in [0.2, 0.25) is 0 Å². The summed E-state index contributed by atoms with van der Waals surface area (Å²) in [6.45, 7) is 9.96. The van der Waals surface area contributed by atoms with Gasteiger partial charge in [-0.05, 0) is 55.4 Å². The molecule has 0 unspecified atom stereocenters. The van der Waals surface area contributed by atoms with Gasteiger partial charge in [-0.2, -0.15) is 0 Å². The summed E-state index contributed by atoms with van der Waals surface area (Å²) in [5.74, 6) is 0.782. The lowest BCUT2D eigenvalue weighted by Gasteiger charge is -2.35. The Morgan fingerprint density at radius 2 is 1.80 bits per heavy atom. The van der Waals surface area contributed by atoms with Gasteiger partial charge in [0.25, 0.3) is 0 Å². The van der Waals surface area contributed by atoms with Crippen LogP contribution in [0.1, 0.15) is 12.5 Å². The first-order valence-corrected chi connectivity index (χ1v) is 9.02. The molecule has 0 bridgehead atoms. The van der Waals surface area contributed by atoms with Crippen LogP contribution in [0.25, 0.3) is 11.0 Å². The number of nitrogens with one attached hydrogen (secondary N) is 2.